The van der Waals surface area contributed by atoms with Crippen molar-refractivity contribution in [2.45, 2.75) is 53.4 Å². The summed E-state index contributed by atoms with van der Waals surface area (Å²) in [5, 5.41) is 0. The fraction of sp³-hybridized carbons (Fsp3) is 0.929. The first kappa shape index (κ1) is 13.5. The van der Waals surface area contributed by atoms with Gasteiger partial charge >= 0.3 is 5.97 Å². The van der Waals surface area contributed by atoms with E-state index in [-0.39, 0.29) is 5.97 Å². The normalized spacial score (nSPS) is 30.4. The van der Waals surface area contributed by atoms with Crippen molar-refractivity contribution >= 4 is 5.97 Å². The Bertz CT molecular complexity index is 223. The van der Waals surface area contributed by atoms with Crippen LogP contribution >= 0.6 is 0 Å². The Balaban J connectivity index is 2.47. The molecule has 0 N–H and O–H groups in total. The largest absolute Gasteiger partial charge is 0.465 e. The molecule has 1 rings (SSSR count). The lowest BCUT2D eigenvalue weighted by Crippen LogP contribution is -2.31. The quantitative estimate of drug-likeness (QED) is 0.684. The summed E-state index contributed by atoms with van der Waals surface area (Å²) in [4.78, 5) is 11.2. The minimum Gasteiger partial charge on any atom is -0.465 e. The maximum absolute atomic E-state index is 11.2. The molecule has 2 nitrogen and oxygen atoms in total. The molecule has 16 heavy (non-hydrogen) atoms. The average Bonchev–Trinajstić information content (AvgIpc) is 2.25. The van der Waals surface area contributed by atoms with Gasteiger partial charge in [0, 0.05) is 6.42 Å². The van der Waals surface area contributed by atoms with Crippen LogP contribution in [0.3, 0.4) is 0 Å². The van der Waals surface area contributed by atoms with E-state index in [1.54, 1.807) is 0 Å². The summed E-state index contributed by atoms with van der Waals surface area (Å²) in [6, 6.07) is 0. The minimum atomic E-state index is -0.0549. The number of ether oxygens (including phenoxy) is 1. The molecule has 3 atom stereocenters. The minimum absolute atomic E-state index is 0.0549. The molecular weight excluding hydrogens is 200 g/mol. The van der Waals surface area contributed by atoms with Gasteiger partial charge in [0.2, 0.25) is 0 Å². The SMILES string of the molecule is CCC(=O)OC[C@H]1C[C@H](C)CC[C@H]1C(C)C. The third kappa shape index (κ3) is 3.80. The molecule has 0 saturated heterocycles. The molecule has 0 unspecified atom stereocenters. The molecule has 0 amide bonds. The number of hydrogen-bond acceptors (Lipinski definition) is 2. The predicted molar refractivity (Wildman–Crippen MR) is 66.1 cm³/mol. The molecular formula is C14H26O2. The highest BCUT2D eigenvalue weighted by molar-refractivity contribution is 5.68. The molecule has 0 aromatic heterocycles. The molecule has 0 aromatic rings. The van der Waals surface area contributed by atoms with E-state index in [0.717, 1.165) is 11.8 Å². The number of esters is 1. The van der Waals surface area contributed by atoms with Crippen LogP contribution in [0.25, 0.3) is 0 Å². The van der Waals surface area contributed by atoms with Gasteiger partial charge in [-0.15, -0.1) is 0 Å². The third-order valence-corrected chi connectivity index (χ3v) is 3.91. The van der Waals surface area contributed by atoms with Crippen molar-refractivity contribution in [1.82, 2.24) is 0 Å². The summed E-state index contributed by atoms with van der Waals surface area (Å²) in [7, 11) is 0. The van der Waals surface area contributed by atoms with Gasteiger partial charge in [0.25, 0.3) is 0 Å². The third-order valence-electron chi connectivity index (χ3n) is 3.91. The molecule has 1 aliphatic carbocycles. The Morgan fingerprint density at radius 1 is 1.38 bits per heavy atom. The lowest BCUT2D eigenvalue weighted by molar-refractivity contribution is -0.146. The van der Waals surface area contributed by atoms with Gasteiger partial charge in [-0.1, -0.05) is 34.1 Å². The topological polar surface area (TPSA) is 26.3 Å². The van der Waals surface area contributed by atoms with Gasteiger partial charge in [-0.05, 0) is 36.5 Å². The van der Waals surface area contributed by atoms with E-state index in [1.165, 1.54) is 19.3 Å². The number of hydrogen-bond donors (Lipinski definition) is 0. The van der Waals surface area contributed by atoms with Crippen LogP contribution in [-0.2, 0) is 9.53 Å². The van der Waals surface area contributed by atoms with Crippen LogP contribution in [0, 0.1) is 23.7 Å². The number of carbonyl (C=O) groups excluding carboxylic acids is 1. The van der Waals surface area contributed by atoms with Crippen LogP contribution in [0.2, 0.25) is 0 Å². The second kappa shape index (κ2) is 6.27. The molecule has 94 valence electrons. The smallest absolute Gasteiger partial charge is 0.305 e. The maximum atomic E-state index is 11.2. The van der Waals surface area contributed by atoms with Gasteiger partial charge in [-0.3, -0.25) is 4.79 Å². The molecule has 0 aromatic carbocycles. The van der Waals surface area contributed by atoms with E-state index < -0.39 is 0 Å². The molecule has 0 radical (unpaired) electrons. The summed E-state index contributed by atoms with van der Waals surface area (Å²) >= 11 is 0. The number of rotatable bonds is 4. The molecule has 1 saturated carbocycles. The van der Waals surface area contributed by atoms with Crippen LogP contribution in [0.5, 0.6) is 0 Å². The second-order valence-corrected chi connectivity index (χ2v) is 5.62. The standard InChI is InChI=1S/C14H26O2/c1-5-14(15)16-9-12-8-11(4)6-7-13(12)10(2)3/h10-13H,5-9H2,1-4H3/t11-,12-,13+/m1/s1. The molecule has 0 bridgehead atoms. The van der Waals surface area contributed by atoms with Crippen LogP contribution in [-0.4, -0.2) is 12.6 Å². The first-order chi connectivity index (χ1) is 7.54. The molecule has 0 spiro atoms. The van der Waals surface area contributed by atoms with Crippen molar-refractivity contribution in [1.29, 1.82) is 0 Å². The van der Waals surface area contributed by atoms with Crippen molar-refractivity contribution < 1.29 is 9.53 Å². The zero-order valence-electron chi connectivity index (χ0n) is 11.2. The highest BCUT2D eigenvalue weighted by Crippen LogP contribution is 2.38. The van der Waals surface area contributed by atoms with Gasteiger partial charge < -0.3 is 4.74 Å². The van der Waals surface area contributed by atoms with Gasteiger partial charge in [-0.2, -0.15) is 0 Å². The van der Waals surface area contributed by atoms with Gasteiger partial charge in [0.15, 0.2) is 0 Å². The van der Waals surface area contributed by atoms with Gasteiger partial charge in [-0.25, -0.2) is 0 Å². The van der Waals surface area contributed by atoms with E-state index >= 15 is 0 Å². The first-order valence-electron chi connectivity index (χ1n) is 6.70. The second-order valence-electron chi connectivity index (χ2n) is 5.62. The molecule has 0 heterocycles. The highest BCUT2D eigenvalue weighted by Gasteiger charge is 2.31. The maximum Gasteiger partial charge on any atom is 0.305 e. The van der Waals surface area contributed by atoms with Gasteiger partial charge in [0.05, 0.1) is 6.61 Å². The molecule has 0 aliphatic heterocycles. The van der Waals surface area contributed by atoms with E-state index in [9.17, 15) is 4.79 Å². The van der Waals surface area contributed by atoms with E-state index in [4.69, 9.17) is 4.74 Å². The zero-order valence-corrected chi connectivity index (χ0v) is 11.2. The summed E-state index contributed by atoms with van der Waals surface area (Å²) in [6.07, 6.45) is 4.35. The summed E-state index contributed by atoms with van der Waals surface area (Å²) in [5.41, 5.74) is 0. The molecule has 1 aliphatic rings. The monoisotopic (exact) mass is 226 g/mol. The van der Waals surface area contributed by atoms with Crippen LogP contribution in [0.1, 0.15) is 53.4 Å². The Hall–Kier alpha value is -0.530. The zero-order chi connectivity index (χ0) is 12.1. The lowest BCUT2D eigenvalue weighted by atomic mass is 9.70. The van der Waals surface area contributed by atoms with Crippen molar-refractivity contribution in [2.75, 3.05) is 6.61 Å². The van der Waals surface area contributed by atoms with E-state index in [0.29, 0.717) is 24.9 Å². The summed E-state index contributed by atoms with van der Waals surface area (Å²) in [6.45, 7) is 9.38. The van der Waals surface area contributed by atoms with Crippen molar-refractivity contribution in [2.24, 2.45) is 23.7 Å². The van der Waals surface area contributed by atoms with Crippen molar-refractivity contribution in [3.8, 4) is 0 Å². The fourth-order valence-electron chi connectivity index (χ4n) is 2.89. The average molecular weight is 226 g/mol. The Labute approximate surface area is 99.8 Å². The highest BCUT2D eigenvalue weighted by atomic mass is 16.5. The Morgan fingerprint density at radius 2 is 2.06 bits per heavy atom. The van der Waals surface area contributed by atoms with Crippen LogP contribution < -0.4 is 0 Å². The van der Waals surface area contributed by atoms with Crippen molar-refractivity contribution in [3.63, 3.8) is 0 Å². The Morgan fingerprint density at radius 3 is 2.62 bits per heavy atom. The Kier molecular flexibility index (Phi) is 5.30. The predicted octanol–water partition coefficient (Wildman–Crippen LogP) is 3.65. The van der Waals surface area contributed by atoms with Crippen LogP contribution in [0.4, 0.5) is 0 Å². The van der Waals surface area contributed by atoms with Gasteiger partial charge in [0.1, 0.15) is 0 Å². The summed E-state index contributed by atoms with van der Waals surface area (Å²) < 4.78 is 5.32. The molecule has 1 fully saturated rings. The van der Waals surface area contributed by atoms with Crippen LogP contribution in [0.15, 0.2) is 0 Å². The van der Waals surface area contributed by atoms with E-state index in [1.807, 2.05) is 6.92 Å². The molecule has 2 heteroatoms. The summed E-state index contributed by atoms with van der Waals surface area (Å²) in [5.74, 6) is 2.76. The van der Waals surface area contributed by atoms with Crippen molar-refractivity contribution in [3.05, 3.63) is 0 Å². The van der Waals surface area contributed by atoms with E-state index in [2.05, 4.69) is 20.8 Å². The fourth-order valence-corrected chi connectivity index (χ4v) is 2.89. The lowest BCUT2D eigenvalue weighted by Gasteiger charge is -2.36. The number of carbonyl (C=O) groups is 1. The first-order valence-corrected chi connectivity index (χ1v) is 6.70.